The lowest BCUT2D eigenvalue weighted by molar-refractivity contribution is -0.310. The van der Waals surface area contributed by atoms with E-state index in [1.807, 2.05) is 0 Å². The van der Waals surface area contributed by atoms with Crippen molar-refractivity contribution in [2.24, 2.45) is 0 Å². The van der Waals surface area contributed by atoms with Gasteiger partial charge < -0.3 is 35.0 Å². The van der Waals surface area contributed by atoms with Gasteiger partial charge in [-0.15, -0.1) is 0 Å². The average Bonchev–Trinajstić information content (AvgIpc) is 2.31. The van der Waals surface area contributed by atoms with E-state index in [2.05, 4.69) is 0 Å². The fraction of sp³-hybridized carbons (Fsp3) is 1.00. The van der Waals surface area contributed by atoms with Gasteiger partial charge in [-0.05, 0) is 0 Å². The lowest BCUT2D eigenvalue weighted by atomic mass is 9.82. The molecule has 0 spiro atoms. The molecule has 0 amide bonds. The third-order valence-electron chi connectivity index (χ3n) is 2.84. The normalized spacial score (nSPS) is 42.0. The first-order chi connectivity index (χ1) is 7.49. The summed E-state index contributed by atoms with van der Waals surface area (Å²) >= 11 is 0. The van der Waals surface area contributed by atoms with Gasteiger partial charge in [-0.2, -0.15) is 0 Å². The van der Waals surface area contributed by atoms with E-state index >= 15 is 0 Å². The lowest BCUT2D eigenvalue weighted by Crippen LogP contribution is -2.64. The summed E-state index contributed by atoms with van der Waals surface area (Å²) in [5.74, 6) is 0. The zero-order valence-corrected chi connectivity index (χ0v) is 8.98. The molecule has 7 nitrogen and oxygen atoms in total. The topological polar surface area (TPSA) is 120 Å². The standard InChI is InChI=1S/C9H18O7/c1-15-8-7(13)9(14,6(12)4-11)2-5(3-10)16-8/h5-8,10-14H,2-4H2,1H3/t5-,6-,7-,8-,9+/m0/s1. The Kier molecular flexibility index (Phi) is 4.62. The third kappa shape index (κ3) is 2.35. The Morgan fingerprint density at radius 3 is 2.56 bits per heavy atom. The summed E-state index contributed by atoms with van der Waals surface area (Å²) in [5, 5.41) is 47.1. The highest BCUT2D eigenvalue weighted by atomic mass is 16.7. The van der Waals surface area contributed by atoms with Gasteiger partial charge in [-0.25, -0.2) is 0 Å². The Labute approximate surface area is 92.9 Å². The molecule has 1 heterocycles. The molecule has 7 heteroatoms. The second-order valence-corrected chi connectivity index (χ2v) is 3.88. The number of rotatable bonds is 4. The molecule has 0 aromatic heterocycles. The van der Waals surface area contributed by atoms with Gasteiger partial charge in [0.05, 0.1) is 19.3 Å². The number of methoxy groups -OCH3 is 1. The summed E-state index contributed by atoms with van der Waals surface area (Å²) in [4.78, 5) is 0. The minimum absolute atomic E-state index is 0.188. The highest BCUT2D eigenvalue weighted by molar-refractivity contribution is 4.99. The van der Waals surface area contributed by atoms with Gasteiger partial charge in [0.1, 0.15) is 17.8 Å². The van der Waals surface area contributed by atoms with Crippen molar-refractivity contribution in [2.75, 3.05) is 20.3 Å². The van der Waals surface area contributed by atoms with Crippen molar-refractivity contribution in [3.63, 3.8) is 0 Å². The van der Waals surface area contributed by atoms with E-state index in [4.69, 9.17) is 19.7 Å². The minimum Gasteiger partial charge on any atom is -0.394 e. The van der Waals surface area contributed by atoms with Crippen LogP contribution in [0.15, 0.2) is 0 Å². The Bertz CT molecular complexity index is 224. The molecule has 1 saturated heterocycles. The quantitative estimate of drug-likeness (QED) is 0.358. The molecule has 0 radical (unpaired) electrons. The van der Waals surface area contributed by atoms with Crippen LogP contribution in [0.5, 0.6) is 0 Å². The molecule has 1 aliphatic heterocycles. The Balaban J connectivity index is 2.88. The van der Waals surface area contributed by atoms with Crippen molar-refractivity contribution in [3.05, 3.63) is 0 Å². The maximum Gasteiger partial charge on any atom is 0.186 e. The van der Waals surface area contributed by atoms with Crippen molar-refractivity contribution < 1.29 is 35.0 Å². The summed E-state index contributed by atoms with van der Waals surface area (Å²) in [6, 6.07) is 0. The summed E-state index contributed by atoms with van der Waals surface area (Å²) in [7, 11) is 1.26. The van der Waals surface area contributed by atoms with Gasteiger partial charge >= 0.3 is 0 Å². The van der Waals surface area contributed by atoms with Crippen molar-refractivity contribution >= 4 is 0 Å². The van der Waals surface area contributed by atoms with Crippen LogP contribution in [-0.2, 0) is 9.47 Å². The van der Waals surface area contributed by atoms with E-state index in [0.717, 1.165) is 0 Å². The summed E-state index contributed by atoms with van der Waals surface area (Å²) in [6.07, 6.45) is -5.14. The molecule has 0 aromatic rings. The molecule has 0 aliphatic carbocycles. The molecule has 96 valence electrons. The highest BCUT2D eigenvalue weighted by Crippen LogP contribution is 2.32. The van der Waals surface area contributed by atoms with Crippen molar-refractivity contribution in [2.45, 2.75) is 36.6 Å². The molecular formula is C9H18O7. The monoisotopic (exact) mass is 238 g/mol. The number of hydrogen-bond acceptors (Lipinski definition) is 7. The average molecular weight is 238 g/mol. The zero-order chi connectivity index (χ0) is 12.3. The maximum absolute atomic E-state index is 10.1. The second kappa shape index (κ2) is 5.37. The van der Waals surface area contributed by atoms with Crippen LogP contribution in [-0.4, -0.2) is 76.1 Å². The SMILES string of the molecule is CO[C@H]1O[C@H](CO)C[C@@](O)([C@@H](O)CO)[C@H]1O. The molecule has 5 atom stereocenters. The number of ether oxygens (including phenoxy) is 2. The molecule has 0 saturated carbocycles. The van der Waals surface area contributed by atoms with Gasteiger partial charge in [0.2, 0.25) is 0 Å². The molecule has 1 rings (SSSR count). The largest absolute Gasteiger partial charge is 0.394 e. The first kappa shape index (κ1) is 13.8. The number of aliphatic hydroxyl groups is 5. The van der Waals surface area contributed by atoms with E-state index in [1.54, 1.807) is 0 Å². The van der Waals surface area contributed by atoms with E-state index < -0.39 is 36.8 Å². The van der Waals surface area contributed by atoms with Crippen LogP contribution in [0.25, 0.3) is 0 Å². The molecular weight excluding hydrogens is 220 g/mol. The molecule has 1 fully saturated rings. The van der Waals surface area contributed by atoms with Crippen LogP contribution in [0.4, 0.5) is 0 Å². The van der Waals surface area contributed by atoms with Crippen molar-refractivity contribution in [1.29, 1.82) is 0 Å². The Morgan fingerprint density at radius 2 is 2.12 bits per heavy atom. The molecule has 5 N–H and O–H groups in total. The molecule has 16 heavy (non-hydrogen) atoms. The van der Waals surface area contributed by atoms with E-state index in [0.29, 0.717) is 0 Å². The van der Waals surface area contributed by atoms with Crippen LogP contribution in [0, 0.1) is 0 Å². The minimum atomic E-state index is -1.96. The zero-order valence-electron chi connectivity index (χ0n) is 8.98. The number of aliphatic hydroxyl groups excluding tert-OH is 4. The first-order valence-corrected chi connectivity index (χ1v) is 4.98. The first-order valence-electron chi connectivity index (χ1n) is 4.98. The Morgan fingerprint density at radius 1 is 1.50 bits per heavy atom. The van der Waals surface area contributed by atoms with Crippen molar-refractivity contribution in [3.8, 4) is 0 Å². The smallest absolute Gasteiger partial charge is 0.186 e. The predicted molar refractivity (Wildman–Crippen MR) is 51.4 cm³/mol. The second-order valence-electron chi connectivity index (χ2n) is 3.88. The molecule has 0 bridgehead atoms. The van der Waals surface area contributed by atoms with Gasteiger partial charge in [-0.1, -0.05) is 0 Å². The fourth-order valence-electron chi connectivity index (χ4n) is 1.82. The summed E-state index contributed by atoms with van der Waals surface area (Å²) in [6.45, 7) is -1.09. The maximum atomic E-state index is 10.1. The third-order valence-corrected chi connectivity index (χ3v) is 2.84. The van der Waals surface area contributed by atoms with Crippen LogP contribution in [0.3, 0.4) is 0 Å². The molecule has 1 aliphatic rings. The highest BCUT2D eigenvalue weighted by Gasteiger charge is 2.52. The van der Waals surface area contributed by atoms with Crippen molar-refractivity contribution in [1.82, 2.24) is 0 Å². The predicted octanol–water partition coefficient (Wildman–Crippen LogP) is -2.81. The van der Waals surface area contributed by atoms with Crippen LogP contribution in [0.2, 0.25) is 0 Å². The molecule has 0 unspecified atom stereocenters. The molecule has 0 aromatic carbocycles. The van der Waals surface area contributed by atoms with E-state index in [1.165, 1.54) is 7.11 Å². The van der Waals surface area contributed by atoms with Crippen LogP contribution in [0.1, 0.15) is 6.42 Å². The van der Waals surface area contributed by atoms with E-state index in [-0.39, 0.29) is 13.0 Å². The lowest BCUT2D eigenvalue weighted by Gasteiger charge is -2.45. The van der Waals surface area contributed by atoms with E-state index in [9.17, 15) is 15.3 Å². The summed E-state index contributed by atoms with van der Waals surface area (Å²) in [5.41, 5.74) is -1.96. The van der Waals surface area contributed by atoms with Crippen LogP contribution < -0.4 is 0 Å². The Hall–Kier alpha value is -0.280. The van der Waals surface area contributed by atoms with Crippen LogP contribution >= 0.6 is 0 Å². The van der Waals surface area contributed by atoms with Gasteiger partial charge in [-0.3, -0.25) is 0 Å². The van der Waals surface area contributed by atoms with Gasteiger partial charge in [0.25, 0.3) is 0 Å². The van der Waals surface area contributed by atoms with Gasteiger partial charge in [0.15, 0.2) is 6.29 Å². The fourth-order valence-corrected chi connectivity index (χ4v) is 1.82. The summed E-state index contributed by atoms with van der Waals surface area (Å²) < 4.78 is 9.90. The van der Waals surface area contributed by atoms with Gasteiger partial charge in [0, 0.05) is 13.5 Å². The number of hydrogen-bond donors (Lipinski definition) is 5.